The van der Waals surface area contributed by atoms with Crippen molar-refractivity contribution in [2.24, 2.45) is 0 Å². The highest BCUT2D eigenvalue weighted by molar-refractivity contribution is 5.96. The van der Waals surface area contributed by atoms with Crippen molar-refractivity contribution in [3.8, 4) is 0 Å². The van der Waals surface area contributed by atoms with Gasteiger partial charge < -0.3 is 15.4 Å². The van der Waals surface area contributed by atoms with Crippen LogP contribution in [0.25, 0.3) is 0 Å². The summed E-state index contributed by atoms with van der Waals surface area (Å²) in [5, 5.41) is 6.49. The maximum absolute atomic E-state index is 12.5. The largest absolute Gasteiger partial charge is 0.379 e. The summed E-state index contributed by atoms with van der Waals surface area (Å²) in [6.07, 6.45) is 3.23. The molecule has 0 aliphatic carbocycles. The maximum Gasteiger partial charge on any atom is 0.251 e. The van der Waals surface area contributed by atoms with E-state index >= 15 is 0 Å². The molecule has 2 saturated heterocycles. The second-order valence-corrected chi connectivity index (χ2v) is 6.08. The normalized spacial score (nSPS) is 22.1. The van der Waals surface area contributed by atoms with Crippen molar-refractivity contribution in [3.63, 3.8) is 0 Å². The molecule has 5 heteroatoms. The molecular weight excluding hydrogens is 300 g/mol. The smallest absolute Gasteiger partial charge is 0.251 e. The van der Waals surface area contributed by atoms with Gasteiger partial charge in [-0.3, -0.25) is 4.79 Å². The molecule has 22 heavy (non-hydrogen) atoms. The SMILES string of the molecule is Cc1c(C(=O)NC2CCOC2)cccc1C1CCNCC1.Cl. The molecular formula is C17H25ClN2O2. The first-order valence-corrected chi connectivity index (χ1v) is 7.94. The second kappa shape index (κ2) is 7.95. The lowest BCUT2D eigenvalue weighted by Gasteiger charge is -2.25. The van der Waals surface area contributed by atoms with Gasteiger partial charge in [-0.15, -0.1) is 12.4 Å². The van der Waals surface area contributed by atoms with Crippen molar-refractivity contribution >= 4 is 18.3 Å². The van der Waals surface area contributed by atoms with Gasteiger partial charge in [-0.05, 0) is 62.4 Å². The molecule has 3 rings (SSSR count). The zero-order valence-corrected chi connectivity index (χ0v) is 13.9. The lowest BCUT2D eigenvalue weighted by atomic mass is 9.85. The quantitative estimate of drug-likeness (QED) is 0.897. The van der Waals surface area contributed by atoms with E-state index in [9.17, 15) is 4.79 Å². The van der Waals surface area contributed by atoms with Gasteiger partial charge in [0.05, 0.1) is 12.6 Å². The van der Waals surface area contributed by atoms with Crippen LogP contribution < -0.4 is 10.6 Å². The number of ether oxygens (including phenoxy) is 1. The minimum atomic E-state index is 0. The van der Waals surface area contributed by atoms with Gasteiger partial charge in [-0.2, -0.15) is 0 Å². The predicted octanol–water partition coefficient (Wildman–Crippen LogP) is 2.40. The Morgan fingerprint density at radius 3 is 2.73 bits per heavy atom. The molecule has 0 spiro atoms. The van der Waals surface area contributed by atoms with Gasteiger partial charge in [0.25, 0.3) is 5.91 Å². The van der Waals surface area contributed by atoms with Gasteiger partial charge in [0.15, 0.2) is 0 Å². The minimum Gasteiger partial charge on any atom is -0.379 e. The van der Waals surface area contributed by atoms with Gasteiger partial charge in [-0.1, -0.05) is 12.1 Å². The molecule has 2 fully saturated rings. The molecule has 122 valence electrons. The highest BCUT2D eigenvalue weighted by Gasteiger charge is 2.22. The molecule has 0 saturated carbocycles. The van der Waals surface area contributed by atoms with Crippen LogP contribution in [-0.4, -0.2) is 38.3 Å². The first-order valence-electron chi connectivity index (χ1n) is 7.94. The third-order valence-electron chi connectivity index (χ3n) is 4.66. The molecule has 0 bridgehead atoms. The summed E-state index contributed by atoms with van der Waals surface area (Å²) in [5.74, 6) is 0.618. The lowest BCUT2D eigenvalue weighted by molar-refractivity contribution is 0.0929. The molecule has 0 radical (unpaired) electrons. The van der Waals surface area contributed by atoms with E-state index in [2.05, 4.69) is 23.6 Å². The number of benzene rings is 1. The van der Waals surface area contributed by atoms with E-state index in [-0.39, 0.29) is 24.4 Å². The van der Waals surface area contributed by atoms with Crippen LogP contribution in [0.2, 0.25) is 0 Å². The van der Waals surface area contributed by atoms with Crippen LogP contribution >= 0.6 is 12.4 Å². The summed E-state index contributed by atoms with van der Waals surface area (Å²) in [6, 6.07) is 6.30. The van der Waals surface area contributed by atoms with Crippen LogP contribution in [0, 0.1) is 6.92 Å². The molecule has 2 aliphatic heterocycles. The third kappa shape index (κ3) is 3.80. The van der Waals surface area contributed by atoms with E-state index in [0.29, 0.717) is 12.5 Å². The Hall–Kier alpha value is -1.10. The zero-order valence-electron chi connectivity index (χ0n) is 13.1. The number of amides is 1. The molecule has 2 heterocycles. The highest BCUT2D eigenvalue weighted by atomic mass is 35.5. The minimum absolute atomic E-state index is 0. The van der Waals surface area contributed by atoms with E-state index < -0.39 is 0 Å². The van der Waals surface area contributed by atoms with Crippen molar-refractivity contribution in [1.82, 2.24) is 10.6 Å². The lowest BCUT2D eigenvalue weighted by Crippen LogP contribution is -2.35. The number of rotatable bonds is 3. The van der Waals surface area contributed by atoms with Gasteiger partial charge in [0.2, 0.25) is 0 Å². The van der Waals surface area contributed by atoms with Gasteiger partial charge >= 0.3 is 0 Å². The standard InChI is InChI=1S/C17H24N2O2.ClH/c1-12-15(13-5-8-18-9-6-13)3-2-4-16(12)17(20)19-14-7-10-21-11-14;/h2-4,13-14,18H,5-11H2,1H3,(H,19,20);1H. The first kappa shape index (κ1) is 17.3. The van der Waals surface area contributed by atoms with E-state index in [4.69, 9.17) is 4.74 Å². The number of carbonyl (C=O) groups excluding carboxylic acids is 1. The number of hydrogen-bond donors (Lipinski definition) is 2. The van der Waals surface area contributed by atoms with Crippen molar-refractivity contribution in [3.05, 3.63) is 34.9 Å². The third-order valence-corrected chi connectivity index (χ3v) is 4.66. The van der Waals surface area contributed by atoms with Crippen LogP contribution in [0.15, 0.2) is 18.2 Å². The first-order chi connectivity index (χ1) is 10.3. The highest BCUT2D eigenvalue weighted by Crippen LogP contribution is 2.29. The van der Waals surface area contributed by atoms with Crippen LogP contribution in [-0.2, 0) is 4.74 Å². The molecule has 1 aromatic rings. The Morgan fingerprint density at radius 1 is 1.27 bits per heavy atom. The maximum atomic E-state index is 12.5. The van der Waals surface area contributed by atoms with Crippen LogP contribution in [0.3, 0.4) is 0 Å². The van der Waals surface area contributed by atoms with Gasteiger partial charge in [0.1, 0.15) is 0 Å². The predicted molar refractivity (Wildman–Crippen MR) is 90.0 cm³/mol. The number of nitrogens with one attached hydrogen (secondary N) is 2. The summed E-state index contributed by atoms with van der Waals surface area (Å²) in [5.41, 5.74) is 3.30. The molecule has 1 amide bonds. The molecule has 4 nitrogen and oxygen atoms in total. The zero-order chi connectivity index (χ0) is 14.7. The topological polar surface area (TPSA) is 50.4 Å². The Morgan fingerprint density at radius 2 is 2.05 bits per heavy atom. The summed E-state index contributed by atoms with van der Waals surface area (Å²) in [7, 11) is 0. The van der Waals surface area contributed by atoms with Crippen LogP contribution in [0.5, 0.6) is 0 Å². The van der Waals surface area contributed by atoms with Crippen molar-refractivity contribution in [2.75, 3.05) is 26.3 Å². The molecule has 1 aromatic carbocycles. The number of hydrogen-bond acceptors (Lipinski definition) is 3. The Labute approximate surface area is 138 Å². The molecule has 2 aliphatic rings. The summed E-state index contributed by atoms with van der Waals surface area (Å²) in [6.45, 7) is 5.61. The fourth-order valence-corrected chi connectivity index (χ4v) is 3.39. The average Bonchev–Trinajstić information content (AvgIpc) is 3.01. The van der Waals surface area contributed by atoms with Crippen LogP contribution in [0.1, 0.15) is 46.7 Å². The Bertz CT molecular complexity index is 509. The fraction of sp³-hybridized carbons (Fsp3) is 0.588. The van der Waals surface area contributed by atoms with Crippen LogP contribution in [0.4, 0.5) is 0 Å². The Kier molecular flexibility index (Phi) is 6.24. The van der Waals surface area contributed by atoms with Crippen molar-refractivity contribution < 1.29 is 9.53 Å². The molecule has 1 atom stereocenters. The molecule has 2 N–H and O–H groups in total. The van der Waals surface area contributed by atoms with Gasteiger partial charge in [-0.25, -0.2) is 0 Å². The second-order valence-electron chi connectivity index (χ2n) is 6.08. The molecule has 0 aromatic heterocycles. The number of piperidine rings is 1. The average molecular weight is 325 g/mol. The molecule has 1 unspecified atom stereocenters. The monoisotopic (exact) mass is 324 g/mol. The Balaban J connectivity index is 0.00000176. The number of carbonyl (C=O) groups is 1. The summed E-state index contributed by atoms with van der Waals surface area (Å²) < 4.78 is 5.32. The van der Waals surface area contributed by atoms with Gasteiger partial charge in [0, 0.05) is 12.2 Å². The van der Waals surface area contributed by atoms with Crippen molar-refractivity contribution in [2.45, 2.75) is 38.1 Å². The van der Waals surface area contributed by atoms with E-state index in [1.807, 2.05) is 12.1 Å². The van der Waals surface area contributed by atoms with Crippen molar-refractivity contribution in [1.29, 1.82) is 0 Å². The fourth-order valence-electron chi connectivity index (χ4n) is 3.39. The van der Waals surface area contributed by atoms with E-state index in [0.717, 1.165) is 50.1 Å². The van der Waals surface area contributed by atoms with E-state index in [1.54, 1.807) is 0 Å². The number of halogens is 1. The van der Waals surface area contributed by atoms with E-state index in [1.165, 1.54) is 5.56 Å². The summed E-state index contributed by atoms with van der Waals surface area (Å²) >= 11 is 0. The summed E-state index contributed by atoms with van der Waals surface area (Å²) in [4.78, 5) is 12.5.